The molecular weight excluding hydrogens is 310 g/mol. The molecule has 0 aliphatic carbocycles. The van der Waals surface area contributed by atoms with Crippen LogP contribution >= 0.6 is 11.3 Å². The zero-order chi connectivity index (χ0) is 15.6. The average Bonchev–Trinajstić information content (AvgIpc) is 2.92. The Morgan fingerprint density at radius 3 is 2.48 bits per heavy atom. The SMILES string of the molecule is Cc1ccc(S(=O)(=O)NC(C(=O)O)c2cccs2)cc1C. The van der Waals surface area contributed by atoms with Crippen LogP contribution in [0.4, 0.5) is 0 Å². The molecule has 1 aromatic carbocycles. The van der Waals surface area contributed by atoms with Crippen LogP contribution in [0, 0.1) is 13.8 Å². The molecule has 1 aromatic heterocycles. The highest BCUT2D eigenvalue weighted by Gasteiger charge is 2.27. The minimum absolute atomic E-state index is 0.0633. The molecule has 0 fully saturated rings. The minimum atomic E-state index is -3.89. The molecule has 112 valence electrons. The number of nitrogens with one attached hydrogen (secondary N) is 1. The Hall–Kier alpha value is -1.70. The van der Waals surface area contributed by atoms with Gasteiger partial charge in [-0.25, -0.2) is 8.42 Å². The van der Waals surface area contributed by atoms with Crippen molar-refractivity contribution in [1.29, 1.82) is 0 Å². The van der Waals surface area contributed by atoms with Gasteiger partial charge in [0.15, 0.2) is 6.04 Å². The second-order valence-corrected chi connectivity index (χ2v) is 7.35. The summed E-state index contributed by atoms with van der Waals surface area (Å²) in [6, 6.07) is 6.69. The van der Waals surface area contributed by atoms with Crippen LogP contribution in [0.5, 0.6) is 0 Å². The van der Waals surface area contributed by atoms with Crippen LogP contribution in [-0.2, 0) is 14.8 Å². The second kappa shape index (κ2) is 5.97. The van der Waals surface area contributed by atoms with Gasteiger partial charge in [0.1, 0.15) is 0 Å². The van der Waals surface area contributed by atoms with E-state index >= 15 is 0 Å². The Bertz CT molecular complexity index is 751. The molecule has 1 heterocycles. The van der Waals surface area contributed by atoms with Gasteiger partial charge in [0.2, 0.25) is 10.0 Å². The molecule has 2 rings (SSSR count). The number of carbonyl (C=O) groups is 1. The number of rotatable bonds is 5. The number of carboxylic acids is 1. The summed E-state index contributed by atoms with van der Waals surface area (Å²) in [4.78, 5) is 11.8. The standard InChI is InChI=1S/C14H15NO4S2/c1-9-5-6-11(8-10(9)2)21(18,19)15-13(14(16)17)12-4-3-7-20-12/h3-8,13,15H,1-2H3,(H,16,17). The molecule has 7 heteroatoms. The molecule has 1 unspecified atom stereocenters. The maximum absolute atomic E-state index is 12.3. The highest BCUT2D eigenvalue weighted by atomic mass is 32.2. The maximum Gasteiger partial charge on any atom is 0.327 e. The first-order valence-corrected chi connectivity index (χ1v) is 8.53. The smallest absolute Gasteiger partial charge is 0.327 e. The van der Waals surface area contributed by atoms with Gasteiger partial charge in [-0.2, -0.15) is 4.72 Å². The lowest BCUT2D eigenvalue weighted by atomic mass is 10.1. The number of aryl methyl sites for hydroxylation is 2. The second-order valence-electron chi connectivity index (χ2n) is 4.65. The molecule has 0 saturated heterocycles. The summed E-state index contributed by atoms with van der Waals surface area (Å²) in [5, 5.41) is 10.9. The third kappa shape index (κ3) is 3.49. The maximum atomic E-state index is 12.3. The topological polar surface area (TPSA) is 83.5 Å². The Labute approximate surface area is 127 Å². The minimum Gasteiger partial charge on any atom is -0.480 e. The quantitative estimate of drug-likeness (QED) is 0.884. The monoisotopic (exact) mass is 325 g/mol. The number of sulfonamides is 1. The molecule has 0 aliphatic rings. The fourth-order valence-electron chi connectivity index (χ4n) is 1.79. The van der Waals surface area contributed by atoms with Crippen molar-refractivity contribution >= 4 is 27.3 Å². The van der Waals surface area contributed by atoms with Crippen LogP contribution in [0.2, 0.25) is 0 Å². The van der Waals surface area contributed by atoms with E-state index < -0.39 is 22.0 Å². The van der Waals surface area contributed by atoms with Gasteiger partial charge >= 0.3 is 5.97 Å². The summed E-state index contributed by atoms with van der Waals surface area (Å²) in [5.74, 6) is -1.23. The third-order valence-corrected chi connectivity index (χ3v) is 5.49. The number of benzene rings is 1. The van der Waals surface area contributed by atoms with Gasteiger partial charge < -0.3 is 5.11 Å². The summed E-state index contributed by atoms with van der Waals surface area (Å²) in [7, 11) is -3.89. The Morgan fingerprint density at radius 1 is 1.24 bits per heavy atom. The van der Waals surface area contributed by atoms with Crippen molar-refractivity contribution in [2.45, 2.75) is 24.8 Å². The predicted molar refractivity (Wildman–Crippen MR) is 80.9 cm³/mol. The van der Waals surface area contributed by atoms with Crippen molar-refractivity contribution in [3.8, 4) is 0 Å². The third-order valence-electron chi connectivity index (χ3n) is 3.14. The fourth-order valence-corrected chi connectivity index (χ4v) is 3.89. The van der Waals surface area contributed by atoms with E-state index in [2.05, 4.69) is 4.72 Å². The first-order chi connectivity index (χ1) is 9.81. The van der Waals surface area contributed by atoms with E-state index in [1.54, 1.807) is 23.6 Å². The molecule has 21 heavy (non-hydrogen) atoms. The van der Waals surface area contributed by atoms with E-state index in [4.69, 9.17) is 0 Å². The number of hydrogen-bond donors (Lipinski definition) is 2. The normalized spacial score (nSPS) is 13.0. The van der Waals surface area contributed by atoms with Crippen molar-refractivity contribution in [1.82, 2.24) is 4.72 Å². The molecule has 1 atom stereocenters. The van der Waals surface area contributed by atoms with Crippen molar-refractivity contribution in [3.05, 3.63) is 51.7 Å². The van der Waals surface area contributed by atoms with Gasteiger partial charge in [0.25, 0.3) is 0 Å². The summed E-state index contributed by atoms with van der Waals surface area (Å²) < 4.78 is 26.9. The van der Waals surface area contributed by atoms with E-state index in [0.29, 0.717) is 4.88 Å². The summed E-state index contributed by atoms with van der Waals surface area (Å²) in [6.45, 7) is 3.69. The lowest BCUT2D eigenvalue weighted by Crippen LogP contribution is -2.33. The predicted octanol–water partition coefficient (Wildman–Crippen LogP) is 2.47. The van der Waals surface area contributed by atoms with Crippen LogP contribution in [0.25, 0.3) is 0 Å². The van der Waals surface area contributed by atoms with E-state index in [1.165, 1.54) is 23.5 Å². The molecule has 2 N–H and O–H groups in total. The molecule has 0 saturated carbocycles. The number of thiophene rings is 1. The summed E-state index contributed by atoms with van der Waals surface area (Å²) in [5.41, 5.74) is 1.81. The number of hydrogen-bond acceptors (Lipinski definition) is 4. The van der Waals surface area contributed by atoms with Crippen molar-refractivity contribution in [3.63, 3.8) is 0 Å². The van der Waals surface area contributed by atoms with Crippen molar-refractivity contribution < 1.29 is 18.3 Å². The largest absolute Gasteiger partial charge is 0.480 e. The Kier molecular flexibility index (Phi) is 4.46. The van der Waals surface area contributed by atoms with Gasteiger partial charge in [-0.15, -0.1) is 11.3 Å². The zero-order valence-corrected chi connectivity index (χ0v) is 13.2. The van der Waals surface area contributed by atoms with Crippen molar-refractivity contribution in [2.24, 2.45) is 0 Å². The van der Waals surface area contributed by atoms with Gasteiger partial charge in [0, 0.05) is 4.88 Å². The molecule has 2 aromatic rings. The first kappa shape index (κ1) is 15.7. The summed E-state index contributed by atoms with van der Waals surface area (Å²) in [6.07, 6.45) is 0. The van der Waals surface area contributed by atoms with Crippen LogP contribution in [0.1, 0.15) is 22.0 Å². The van der Waals surface area contributed by atoms with E-state index in [9.17, 15) is 18.3 Å². The lowest BCUT2D eigenvalue weighted by molar-refractivity contribution is -0.139. The van der Waals surface area contributed by atoms with Crippen LogP contribution in [-0.4, -0.2) is 19.5 Å². The Morgan fingerprint density at radius 2 is 1.95 bits per heavy atom. The van der Waals surface area contributed by atoms with E-state index in [0.717, 1.165) is 11.1 Å². The van der Waals surface area contributed by atoms with Crippen molar-refractivity contribution in [2.75, 3.05) is 0 Å². The first-order valence-electron chi connectivity index (χ1n) is 6.17. The molecular formula is C14H15NO4S2. The highest BCUT2D eigenvalue weighted by Crippen LogP contribution is 2.22. The number of carboxylic acid groups (broad SMARTS) is 1. The van der Waals surface area contributed by atoms with E-state index in [1.807, 2.05) is 13.8 Å². The average molecular weight is 325 g/mol. The molecule has 5 nitrogen and oxygen atoms in total. The van der Waals surface area contributed by atoms with Gasteiger partial charge in [-0.05, 0) is 48.6 Å². The Balaban J connectivity index is 2.35. The fraction of sp³-hybridized carbons (Fsp3) is 0.214. The van der Waals surface area contributed by atoms with Gasteiger partial charge in [-0.1, -0.05) is 12.1 Å². The molecule has 0 radical (unpaired) electrons. The van der Waals surface area contributed by atoms with Crippen LogP contribution < -0.4 is 4.72 Å². The van der Waals surface area contributed by atoms with Crippen LogP contribution in [0.15, 0.2) is 40.6 Å². The molecule has 0 spiro atoms. The summed E-state index contributed by atoms with van der Waals surface area (Å²) >= 11 is 1.19. The zero-order valence-electron chi connectivity index (χ0n) is 11.5. The highest BCUT2D eigenvalue weighted by molar-refractivity contribution is 7.89. The van der Waals surface area contributed by atoms with E-state index in [-0.39, 0.29) is 4.90 Å². The number of aliphatic carboxylic acids is 1. The lowest BCUT2D eigenvalue weighted by Gasteiger charge is -2.14. The van der Waals surface area contributed by atoms with Gasteiger partial charge in [-0.3, -0.25) is 4.79 Å². The molecule has 0 aliphatic heterocycles. The molecule has 0 amide bonds. The van der Waals surface area contributed by atoms with Gasteiger partial charge in [0.05, 0.1) is 4.90 Å². The van der Waals surface area contributed by atoms with Crippen LogP contribution in [0.3, 0.4) is 0 Å². The molecule has 0 bridgehead atoms.